The van der Waals surface area contributed by atoms with Crippen LogP contribution in [-0.2, 0) is 22.9 Å². The van der Waals surface area contributed by atoms with Crippen molar-refractivity contribution in [3.8, 4) is 0 Å². The third-order valence-electron chi connectivity index (χ3n) is 19.6. The van der Waals surface area contributed by atoms with Crippen LogP contribution in [0.25, 0.3) is 0 Å². The number of hydrogen-bond donors (Lipinski definition) is 3. The van der Waals surface area contributed by atoms with E-state index in [2.05, 4.69) is 197 Å². The standard InChI is InChI=1S/C27H42O3.C21H38O2Si.C20H36O2Si.C2H6OSi.I2/c1-18(8-6-14-26(3,4)30)23-12-13-24-20(9-7-15-27(23,24)5)10-11-21-16-22(28)17-25(29)19(21)2;1-16(10-8-14-20(2,3)23-24(5,6)7)17-12-13-18-19(22)11-9-15-21(17,18)4;1-15-16(11-10-12-21)13-17(19(2,3)4)14-18(15)22-23(8,9)20(5,6)7;1-4(2)3;1-2/h10-12,18,22,24-25,28-30H,2,6-9,13-17H2,1,3-5H3;12,16,18H,8-11,13-15H2,1-7H3;11-12,17-18H,1,10,13-14H2,2-9H3;1-2H3;/b20-10+,21-11-;;16-11-;;/t18-,22+,24?,25+,27-;16-,18?,21-;17-,18-;;/m110../s1. The lowest BCUT2D eigenvalue weighted by molar-refractivity contribution is -0.128. The quantitative estimate of drug-likeness (QED) is 0.0568. The number of fused-ring (bicyclic) bond motifs is 2. The number of carbonyl (C=O) groups is 2. The number of Topliss-reactive ketones (excluding diaryl/α,β-unsaturated/α-hetero) is 1. The van der Waals surface area contributed by atoms with Crippen LogP contribution in [0.2, 0.25) is 50.9 Å². The highest BCUT2D eigenvalue weighted by molar-refractivity contribution is 15.0. The minimum absolute atomic E-state index is 0.0124. The monoisotopic (exact) mass is 1430 g/mol. The third-order valence-corrected chi connectivity index (χ3v) is 25.2. The first-order chi connectivity index (χ1) is 38.0. The Morgan fingerprint density at radius 1 is 0.771 bits per heavy atom. The van der Waals surface area contributed by atoms with Crippen LogP contribution in [0.15, 0.2) is 82.5 Å². The smallest absolute Gasteiger partial charge is 0.270 e. The highest BCUT2D eigenvalue weighted by atomic mass is 128. The van der Waals surface area contributed by atoms with E-state index in [-0.39, 0.29) is 38.9 Å². The van der Waals surface area contributed by atoms with Gasteiger partial charge >= 0.3 is 0 Å². The summed E-state index contributed by atoms with van der Waals surface area (Å²) < 4.78 is 22.7. The fourth-order valence-corrected chi connectivity index (χ4v) is 17.1. The molecule has 0 spiro atoms. The second-order valence-electron chi connectivity index (χ2n) is 31.3. The Kier molecular flexibility index (Phi) is 31.5. The lowest BCUT2D eigenvalue weighted by Gasteiger charge is -2.45. The molecule has 2 unspecified atom stereocenters. The molecule has 8 nitrogen and oxygen atoms in total. The summed E-state index contributed by atoms with van der Waals surface area (Å²) in [5.74, 6) is 3.04. The molecule has 13 heteroatoms. The molecule has 0 radical (unpaired) electrons. The van der Waals surface area contributed by atoms with Crippen molar-refractivity contribution >= 4 is 74.6 Å². The van der Waals surface area contributed by atoms with Crippen LogP contribution in [0.4, 0.5) is 0 Å². The van der Waals surface area contributed by atoms with Crippen LogP contribution >= 0.6 is 37.2 Å². The van der Waals surface area contributed by atoms with E-state index in [4.69, 9.17) is 8.85 Å². The zero-order valence-electron chi connectivity index (χ0n) is 56.6. The van der Waals surface area contributed by atoms with E-state index in [1.54, 1.807) is 24.2 Å². The Morgan fingerprint density at radius 3 is 1.77 bits per heavy atom. The molecule has 83 heavy (non-hydrogen) atoms. The van der Waals surface area contributed by atoms with Gasteiger partial charge in [0.15, 0.2) is 16.6 Å². The number of allylic oxidation sites excluding steroid dienone is 8. The van der Waals surface area contributed by atoms with Crippen LogP contribution in [-0.4, -0.2) is 82.2 Å². The summed E-state index contributed by atoms with van der Waals surface area (Å²) in [6, 6.07) is 0. The van der Waals surface area contributed by atoms with Gasteiger partial charge < -0.3 is 33.4 Å². The predicted octanol–water partition coefficient (Wildman–Crippen LogP) is 20.1. The van der Waals surface area contributed by atoms with Crippen molar-refractivity contribution < 1.29 is 38.2 Å². The Labute approximate surface area is 536 Å². The topological polar surface area (TPSA) is 130 Å². The Hall–Kier alpha value is -0.769. The molecule has 6 aliphatic carbocycles. The molecular weight excluding hydrogens is 1310 g/mol. The summed E-state index contributed by atoms with van der Waals surface area (Å²) >= 11 is 4.24. The number of aliphatic hydroxyl groups excluding tert-OH is 2. The Balaban J connectivity index is 0.000000409. The molecule has 476 valence electrons. The van der Waals surface area contributed by atoms with Gasteiger partial charge in [0.1, 0.15) is 12.1 Å². The Bertz CT molecular complexity index is 2310. The van der Waals surface area contributed by atoms with Gasteiger partial charge in [-0.3, -0.25) is 4.79 Å². The maximum absolute atomic E-state index is 12.3. The molecule has 6 rings (SSSR count). The highest BCUT2D eigenvalue weighted by Crippen LogP contribution is 2.58. The van der Waals surface area contributed by atoms with Gasteiger partial charge in [0.25, 0.3) is 8.68 Å². The number of halogens is 2. The number of carbonyl (C=O) groups excluding carboxylic acids is 2. The van der Waals surface area contributed by atoms with Crippen LogP contribution < -0.4 is 0 Å². The number of aldehydes is 1. The second-order valence-corrected chi connectivity index (χ2v) is 42.3. The molecular formula is C70H122I2O8Si3. The molecule has 0 aromatic rings. The van der Waals surface area contributed by atoms with Crippen molar-refractivity contribution in [1.82, 2.24) is 0 Å². The third kappa shape index (κ3) is 24.5. The van der Waals surface area contributed by atoms with Gasteiger partial charge in [0.2, 0.25) is 0 Å². The van der Waals surface area contributed by atoms with Gasteiger partial charge in [-0.2, -0.15) is 0 Å². The Morgan fingerprint density at radius 2 is 1.28 bits per heavy atom. The molecule has 4 fully saturated rings. The molecule has 0 aliphatic heterocycles. The molecule has 0 aromatic heterocycles. The second kappa shape index (κ2) is 33.3. The molecule has 3 N–H and O–H groups in total. The first-order valence-corrected chi connectivity index (χ1v) is 46.9. The van der Waals surface area contributed by atoms with Gasteiger partial charge in [-0.25, -0.2) is 0 Å². The van der Waals surface area contributed by atoms with Crippen molar-refractivity contribution in [2.24, 2.45) is 45.8 Å². The summed E-state index contributed by atoms with van der Waals surface area (Å²) in [4.78, 5) is 23.1. The maximum atomic E-state index is 12.3. The first kappa shape index (κ1) is 78.3. The van der Waals surface area contributed by atoms with E-state index in [0.717, 1.165) is 93.6 Å². The zero-order valence-corrected chi connectivity index (χ0v) is 63.9. The summed E-state index contributed by atoms with van der Waals surface area (Å²) in [7, 11) is -4.46. The van der Waals surface area contributed by atoms with Crippen molar-refractivity contribution in [3.05, 3.63) is 82.5 Å². The van der Waals surface area contributed by atoms with E-state index in [1.165, 1.54) is 43.3 Å². The lowest BCUT2D eigenvalue weighted by Crippen LogP contribution is -2.46. The van der Waals surface area contributed by atoms with Gasteiger partial charge in [0, 0.05) is 62.4 Å². The minimum atomic E-state index is -1.84. The fourth-order valence-electron chi connectivity index (χ4n) is 14.1. The normalized spacial score (nSPS) is 29.1. The van der Waals surface area contributed by atoms with Crippen molar-refractivity contribution in [2.75, 3.05) is 0 Å². The molecule has 0 bridgehead atoms. The van der Waals surface area contributed by atoms with Crippen molar-refractivity contribution in [3.63, 3.8) is 0 Å². The molecule has 0 amide bonds. The largest absolute Gasteiger partial charge is 0.413 e. The van der Waals surface area contributed by atoms with E-state index < -0.39 is 43.1 Å². The zero-order chi connectivity index (χ0) is 63.9. The maximum Gasteiger partial charge on any atom is 0.270 e. The van der Waals surface area contributed by atoms with Crippen molar-refractivity contribution in [1.29, 1.82) is 0 Å². The summed E-state index contributed by atoms with van der Waals surface area (Å²) in [6.45, 7) is 54.7. The highest BCUT2D eigenvalue weighted by Gasteiger charge is 2.49. The molecule has 10 atom stereocenters. The summed E-state index contributed by atoms with van der Waals surface area (Å²) in [5, 5.41) is 30.4. The SMILES string of the molecule is C=C1/C(=C\C=C2/CCC[C@]3(C)C([C@H](C)CCCC(C)(C)O)=CCC23)C[C@H](O)C[C@@H]1O.C=C1/C(=C\CC=O)C[C@H](C(C)(C)C)C[C@@H]1O[Si](C)(C)C(C)(C)C.C[C@H](CCCC(C)(C)O[Si](C)(C)C)C1=CCC2C(=O)CCC[C@]12C.C[Si](C)=O.II. The van der Waals surface area contributed by atoms with Gasteiger partial charge in [0.05, 0.1) is 29.5 Å². The number of ketones is 1. The number of aliphatic hydroxyl groups is 3. The van der Waals surface area contributed by atoms with Gasteiger partial charge in [-0.1, -0.05) is 142 Å². The van der Waals surface area contributed by atoms with E-state index in [9.17, 15) is 29.4 Å². The van der Waals surface area contributed by atoms with Crippen LogP contribution in [0.5, 0.6) is 0 Å². The average molecular weight is 1430 g/mol. The van der Waals surface area contributed by atoms with Crippen LogP contribution in [0.3, 0.4) is 0 Å². The minimum Gasteiger partial charge on any atom is -0.413 e. The van der Waals surface area contributed by atoms with E-state index in [1.807, 2.05) is 13.8 Å². The van der Waals surface area contributed by atoms with E-state index in [0.29, 0.717) is 48.7 Å². The predicted molar refractivity (Wildman–Crippen MR) is 377 cm³/mol. The molecule has 0 saturated heterocycles. The van der Waals surface area contributed by atoms with Gasteiger partial charge in [-0.05, 0) is 231 Å². The lowest BCUT2D eigenvalue weighted by atomic mass is 9.62. The summed E-state index contributed by atoms with van der Waals surface area (Å²) in [5.41, 5.74) is 8.81. The van der Waals surface area contributed by atoms with E-state index >= 15 is 0 Å². The molecule has 4 saturated carbocycles. The summed E-state index contributed by atoms with van der Waals surface area (Å²) in [6.07, 6.45) is 30.1. The molecule has 6 aliphatic rings. The average Bonchev–Trinajstić information content (AvgIpc) is 3.46. The number of hydrogen-bond acceptors (Lipinski definition) is 8. The first-order valence-electron chi connectivity index (χ1n) is 31.9. The van der Waals surface area contributed by atoms with Crippen LogP contribution in [0.1, 0.15) is 219 Å². The van der Waals surface area contributed by atoms with Crippen molar-refractivity contribution in [2.45, 2.75) is 299 Å². The van der Waals surface area contributed by atoms with Gasteiger partial charge in [-0.15, -0.1) is 0 Å². The number of rotatable bonds is 17. The molecule has 0 heterocycles. The fraction of sp³-hybridized carbons (Fsp3) is 0.771. The molecule has 0 aromatic carbocycles. The van der Waals surface area contributed by atoms with Crippen LogP contribution in [0, 0.1) is 45.8 Å².